The van der Waals surface area contributed by atoms with Gasteiger partial charge in [0.1, 0.15) is 5.75 Å². The van der Waals surface area contributed by atoms with Gasteiger partial charge in [-0.15, -0.1) is 0 Å². The third kappa shape index (κ3) is 3.96. The van der Waals surface area contributed by atoms with Crippen molar-refractivity contribution >= 4 is 18.1 Å². The number of carbonyl (C=O) groups excluding carboxylic acids is 1. The molecule has 6 nitrogen and oxygen atoms in total. The van der Waals surface area contributed by atoms with E-state index in [-0.39, 0.29) is 6.04 Å². The van der Waals surface area contributed by atoms with E-state index in [9.17, 15) is 14.7 Å². The fourth-order valence-electron chi connectivity index (χ4n) is 3.76. The van der Waals surface area contributed by atoms with E-state index in [1.54, 1.807) is 0 Å². The molecule has 0 unspecified atom stereocenters. The zero-order valence-electron chi connectivity index (χ0n) is 16.3. The lowest BCUT2D eigenvalue weighted by Crippen LogP contribution is -2.54. The summed E-state index contributed by atoms with van der Waals surface area (Å²) in [6.45, 7) is 6.00. The number of anilines is 1. The molecule has 1 fully saturated rings. The topological polar surface area (TPSA) is 70.1 Å². The lowest BCUT2D eigenvalue weighted by Gasteiger charge is -2.42. The largest absolute Gasteiger partial charge is 0.493 e. The van der Waals surface area contributed by atoms with Crippen molar-refractivity contribution in [3.8, 4) is 16.9 Å². The number of carboxylic acid groups (broad SMARTS) is 1. The first kappa shape index (κ1) is 19.7. The molecular formula is C22H26N2O4. The molecule has 3 rings (SSSR count). The summed E-state index contributed by atoms with van der Waals surface area (Å²) in [7, 11) is 0. The number of ether oxygens (including phenoxy) is 1. The van der Waals surface area contributed by atoms with E-state index >= 15 is 0 Å². The van der Waals surface area contributed by atoms with Crippen molar-refractivity contribution in [3.05, 3.63) is 48.0 Å². The summed E-state index contributed by atoms with van der Waals surface area (Å²) in [5, 5.41) is 9.28. The predicted octanol–water partition coefficient (Wildman–Crippen LogP) is 4.14. The Morgan fingerprint density at radius 2 is 2.00 bits per heavy atom. The van der Waals surface area contributed by atoms with Crippen LogP contribution in [0.1, 0.15) is 30.6 Å². The second-order valence-corrected chi connectivity index (χ2v) is 6.80. The first-order chi connectivity index (χ1) is 13.6. The van der Waals surface area contributed by atoms with E-state index in [1.165, 1.54) is 4.90 Å². The van der Waals surface area contributed by atoms with E-state index in [2.05, 4.69) is 4.90 Å². The highest BCUT2D eigenvalue weighted by Crippen LogP contribution is 2.34. The molecule has 1 atom stereocenters. The fourth-order valence-corrected chi connectivity index (χ4v) is 3.76. The third-order valence-electron chi connectivity index (χ3n) is 5.19. The zero-order chi connectivity index (χ0) is 20.1. The van der Waals surface area contributed by atoms with Crippen molar-refractivity contribution in [2.75, 3.05) is 31.1 Å². The van der Waals surface area contributed by atoms with Crippen LogP contribution in [0, 0.1) is 0 Å². The highest BCUT2D eigenvalue weighted by atomic mass is 16.5. The van der Waals surface area contributed by atoms with Gasteiger partial charge in [-0.25, -0.2) is 4.79 Å². The molecule has 2 aromatic carbocycles. The van der Waals surface area contributed by atoms with Crippen molar-refractivity contribution in [3.63, 3.8) is 0 Å². The number of carbonyl (C=O) groups is 2. The number of benzene rings is 2. The molecule has 28 heavy (non-hydrogen) atoms. The molecule has 6 heteroatoms. The summed E-state index contributed by atoms with van der Waals surface area (Å²) < 4.78 is 5.72. The number of para-hydroxylation sites is 1. The molecule has 0 spiro atoms. The standard InChI is InChI=1S/C22H26N2O4/c1-3-18-14-23(22(26)27)11-12-24(18)20-10-9-16(13-17(20)15-25)19-7-5-6-8-21(19)28-4-2/h5-10,13,15,18H,3-4,11-12,14H2,1-2H3,(H,26,27)/t18-/m1/s1. The minimum absolute atomic E-state index is 0.0464. The lowest BCUT2D eigenvalue weighted by atomic mass is 9.99. The summed E-state index contributed by atoms with van der Waals surface area (Å²) in [4.78, 5) is 26.8. The average molecular weight is 382 g/mol. The summed E-state index contributed by atoms with van der Waals surface area (Å²) >= 11 is 0. The van der Waals surface area contributed by atoms with Crippen molar-refractivity contribution in [2.45, 2.75) is 26.3 Å². The Morgan fingerprint density at radius 1 is 1.21 bits per heavy atom. The second-order valence-electron chi connectivity index (χ2n) is 6.80. The van der Waals surface area contributed by atoms with Gasteiger partial charge in [0.25, 0.3) is 0 Å². The molecule has 2 aromatic rings. The Bertz CT molecular complexity index is 852. The SMILES string of the molecule is CCOc1ccccc1-c1ccc(N2CCN(C(=O)O)C[C@H]2CC)c(C=O)c1. The van der Waals surface area contributed by atoms with Crippen LogP contribution in [0.4, 0.5) is 10.5 Å². The van der Waals surface area contributed by atoms with Crippen LogP contribution in [-0.4, -0.2) is 54.7 Å². The van der Waals surface area contributed by atoms with E-state index in [4.69, 9.17) is 4.74 Å². The maximum atomic E-state index is 11.9. The zero-order valence-corrected chi connectivity index (χ0v) is 16.3. The smallest absolute Gasteiger partial charge is 0.407 e. The molecule has 1 aliphatic heterocycles. The van der Waals surface area contributed by atoms with E-state index < -0.39 is 6.09 Å². The van der Waals surface area contributed by atoms with Gasteiger partial charge in [0.05, 0.1) is 6.61 Å². The Labute approximate surface area is 165 Å². The van der Waals surface area contributed by atoms with E-state index in [0.717, 1.165) is 35.3 Å². The van der Waals surface area contributed by atoms with Gasteiger partial charge in [0, 0.05) is 42.5 Å². The van der Waals surface area contributed by atoms with Crippen molar-refractivity contribution in [1.29, 1.82) is 0 Å². The monoisotopic (exact) mass is 382 g/mol. The van der Waals surface area contributed by atoms with Crippen molar-refractivity contribution in [1.82, 2.24) is 4.90 Å². The Morgan fingerprint density at radius 3 is 2.68 bits per heavy atom. The first-order valence-corrected chi connectivity index (χ1v) is 9.65. The maximum Gasteiger partial charge on any atom is 0.407 e. The van der Waals surface area contributed by atoms with Gasteiger partial charge in [-0.3, -0.25) is 4.79 Å². The molecule has 148 valence electrons. The molecule has 1 saturated heterocycles. The van der Waals surface area contributed by atoms with Gasteiger partial charge in [0.2, 0.25) is 0 Å². The van der Waals surface area contributed by atoms with Crippen LogP contribution >= 0.6 is 0 Å². The van der Waals surface area contributed by atoms with Crippen molar-refractivity contribution in [2.24, 2.45) is 0 Å². The van der Waals surface area contributed by atoms with Crippen LogP contribution in [0.5, 0.6) is 5.75 Å². The van der Waals surface area contributed by atoms with Crippen LogP contribution in [0.2, 0.25) is 0 Å². The van der Waals surface area contributed by atoms with E-state index in [1.807, 2.05) is 56.3 Å². The molecule has 1 aliphatic rings. The minimum atomic E-state index is -0.892. The van der Waals surface area contributed by atoms with Gasteiger partial charge < -0.3 is 19.6 Å². The first-order valence-electron chi connectivity index (χ1n) is 9.65. The second kappa shape index (κ2) is 8.78. The molecule has 1 N–H and O–H groups in total. The minimum Gasteiger partial charge on any atom is -0.493 e. The Balaban J connectivity index is 1.94. The molecule has 0 bridgehead atoms. The summed E-state index contributed by atoms with van der Waals surface area (Å²) in [5.41, 5.74) is 3.32. The average Bonchev–Trinajstić information content (AvgIpc) is 2.73. The molecule has 1 amide bonds. The van der Waals surface area contributed by atoms with Crippen molar-refractivity contribution < 1.29 is 19.4 Å². The maximum absolute atomic E-state index is 11.9. The summed E-state index contributed by atoms with van der Waals surface area (Å²) in [6.07, 6.45) is 0.784. The highest BCUT2D eigenvalue weighted by molar-refractivity contribution is 5.88. The van der Waals surface area contributed by atoms with Crippen LogP contribution < -0.4 is 9.64 Å². The van der Waals surface area contributed by atoms with Crippen LogP contribution in [-0.2, 0) is 0 Å². The number of nitrogens with zero attached hydrogens (tertiary/aromatic N) is 2. The number of piperazine rings is 1. The predicted molar refractivity (Wildman–Crippen MR) is 109 cm³/mol. The molecule has 0 saturated carbocycles. The number of aldehydes is 1. The lowest BCUT2D eigenvalue weighted by molar-refractivity contribution is 0.112. The van der Waals surface area contributed by atoms with Gasteiger partial charge in [0.15, 0.2) is 6.29 Å². The van der Waals surface area contributed by atoms with Crippen LogP contribution in [0.3, 0.4) is 0 Å². The summed E-state index contributed by atoms with van der Waals surface area (Å²) in [6, 6.07) is 13.7. The van der Waals surface area contributed by atoms with Crippen LogP contribution in [0.25, 0.3) is 11.1 Å². The van der Waals surface area contributed by atoms with Gasteiger partial charge >= 0.3 is 6.09 Å². The molecular weight excluding hydrogens is 356 g/mol. The fraction of sp³-hybridized carbons (Fsp3) is 0.364. The molecule has 1 heterocycles. The van der Waals surface area contributed by atoms with Gasteiger partial charge in [-0.2, -0.15) is 0 Å². The highest BCUT2D eigenvalue weighted by Gasteiger charge is 2.29. The summed E-state index contributed by atoms with van der Waals surface area (Å²) in [5.74, 6) is 0.788. The van der Waals surface area contributed by atoms with Gasteiger partial charge in [-0.05, 0) is 37.1 Å². The Kier molecular flexibility index (Phi) is 6.19. The van der Waals surface area contributed by atoms with Gasteiger partial charge in [-0.1, -0.05) is 31.2 Å². The number of amides is 1. The molecule has 0 aromatic heterocycles. The molecule has 0 aliphatic carbocycles. The number of hydrogen-bond donors (Lipinski definition) is 1. The molecule has 0 radical (unpaired) electrons. The Hall–Kier alpha value is -3.02. The number of rotatable bonds is 6. The quantitative estimate of drug-likeness (QED) is 0.760. The van der Waals surface area contributed by atoms with Crippen LogP contribution in [0.15, 0.2) is 42.5 Å². The number of hydrogen-bond acceptors (Lipinski definition) is 4. The third-order valence-corrected chi connectivity index (χ3v) is 5.19. The normalized spacial score (nSPS) is 16.7. The van der Waals surface area contributed by atoms with E-state index in [0.29, 0.717) is 31.8 Å².